The number of aromatic nitrogens is 2. The van der Waals surface area contributed by atoms with Crippen LogP contribution in [0.25, 0.3) is 10.6 Å². The number of carbonyl (C=O) groups is 2. The van der Waals surface area contributed by atoms with E-state index in [1.165, 1.54) is 17.8 Å². The fourth-order valence-corrected chi connectivity index (χ4v) is 5.63. The lowest BCUT2D eigenvalue weighted by Gasteiger charge is -2.33. The van der Waals surface area contributed by atoms with E-state index in [0.29, 0.717) is 23.0 Å². The van der Waals surface area contributed by atoms with Crippen molar-refractivity contribution < 1.29 is 9.59 Å². The minimum atomic E-state index is -0.482. The number of hydrogen-bond acceptors (Lipinski definition) is 5. The van der Waals surface area contributed by atoms with Crippen LogP contribution in [0.2, 0.25) is 0 Å². The van der Waals surface area contributed by atoms with E-state index in [2.05, 4.69) is 15.5 Å². The first-order chi connectivity index (χ1) is 15.2. The molecule has 0 radical (unpaired) electrons. The molecule has 1 aromatic heterocycles. The SMILES string of the molecule is O=C(Nc1nnc(-c2ccccc2)s1)C1CC2CCCCC2N1C(=O)c1ccccc1. The van der Waals surface area contributed by atoms with Crippen LogP contribution < -0.4 is 5.32 Å². The standard InChI is InChI=1S/C24H24N4O2S/c29-21(25-24-27-26-22(31-24)16-9-3-1-4-10-16)20-15-18-13-7-8-14-19(18)28(20)23(30)17-11-5-2-6-12-17/h1-6,9-12,18-20H,7-8,13-15H2,(H,25,27,29). The molecule has 1 saturated carbocycles. The van der Waals surface area contributed by atoms with Gasteiger partial charge >= 0.3 is 0 Å². The summed E-state index contributed by atoms with van der Waals surface area (Å²) < 4.78 is 0. The molecule has 158 valence electrons. The van der Waals surface area contributed by atoms with Crippen molar-refractivity contribution >= 4 is 28.3 Å². The van der Waals surface area contributed by atoms with Crippen LogP contribution in [0.5, 0.6) is 0 Å². The van der Waals surface area contributed by atoms with Crippen LogP contribution in [0.3, 0.4) is 0 Å². The Labute approximate surface area is 185 Å². The Balaban J connectivity index is 1.37. The minimum absolute atomic E-state index is 0.0580. The van der Waals surface area contributed by atoms with Crippen LogP contribution >= 0.6 is 11.3 Å². The molecular formula is C24H24N4O2S. The molecule has 7 heteroatoms. The second-order valence-electron chi connectivity index (χ2n) is 8.21. The molecule has 1 aliphatic carbocycles. The van der Waals surface area contributed by atoms with Crippen molar-refractivity contribution in [2.75, 3.05) is 5.32 Å². The van der Waals surface area contributed by atoms with Crippen molar-refractivity contribution in [2.24, 2.45) is 5.92 Å². The molecule has 0 bridgehead atoms. The molecule has 6 nitrogen and oxygen atoms in total. The van der Waals surface area contributed by atoms with Gasteiger partial charge in [0, 0.05) is 17.2 Å². The zero-order valence-electron chi connectivity index (χ0n) is 17.1. The number of likely N-dealkylation sites (tertiary alicyclic amines) is 1. The molecule has 3 atom stereocenters. The van der Waals surface area contributed by atoms with E-state index in [1.807, 2.05) is 65.6 Å². The molecule has 2 aromatic carbocycles. The Morgan fingerprint density at radius 2 is 1.65 bits per heavy atom. The number of anilines is 1. The van der Waals surface area contributed by atoms with Crippen LogP contribution in [-0.2, 0) is 4.79 Å². The van der Waals surface area contributed by atoms with Gasteiger partial charge in [-0.3, -0.25) is 14.9 Å². The second-order valence-corrected chi connectivity index (χ2v) is 9.19. The van der Waals surface area contributed by atoms with Gasteiger partial charge in [0.25, 0.3) is 5.91 Å². The molecule has 2 aliphatic rings. The number of hydrogen-bond donors (Lipinski definition) is 1. The highest BCUT2D eigenvalue weighted by Gasteiger charge is 2.47. The van der Waals surface area contributed by atoms with Gasteiger partial charge in [-0.2, -0.15) is 0 Å². The predicted molar refractivity (Wildman–Crippen MR) is 121 cm³/mol. The van der Waals surface area contributed by atoms with Crippen molar-refractivity contribution in [3.8, 4) is 10.6 Å². The monoisotopic (exact) mass is 432 g/mol. The highest BCUT2D eigenvalue weighted by Crippen LogP contribution is 2.41. The quantitative estimate of drug-likeness (QED) is 0.653. The van der Waals surface area contributed by atoms with Crippen molar-refractivity contribution in [3.05, 3.63) is 66.2 Å². The van der Waals surface area contributed by atoms with E-state index in [-0.39, 0.29) is 17.9 Å². The topological polar surface area (TPSA) is 75.2 Å². The fourth-order valence-electron chi connectivity index (χ4n) is 4.88. The lowest BCUT2D eigenvalue weighted by atomic mass is 9.84. The van der Waals surface area contributed by atoms with Gasteiger partial charge in [0.2, 0.25) is 11.0 Å². The summed E-state index contributed by atoms with van der Waals surface area (Å²) in [5, 5.41) is 12.5. The summed E-state index contributed by atoms with van der Waals surface area (Å²) in [5.41, 5.74) is 1.60. The molecule has 1 N–H and O–H groups in total. The van der Waals surface area contributed by atoms with Crippen molar-refractivity contribution in [2.45, 2.75) is 44.2 Å². The number of nitrogens with one attached hydrogen (secondary N) is 1. The Kier molecular flexibility index (Phi) is 5.51. The van der Waals surface area contributed by atoms with E-state index in [9.17, 15) is 9.59 Å². The highest BCUT2D eigenvalue weighted by atomic mass is 32.1. The summed E-state index contributed by atoms with van der Waals surface area (Å²) in [4.78, 5) is 28.5. The maximum Gasteiger partial charge on any atom is 0.254 e. The predicted octanol–water partition coefficient (Wildman–Crippen LogP) is 4.62. The number of nitrogens with zero attached hydrogens (tertiary/aromatic N) is 3. The van der Waals surface area contributed by atoms with Gasteiger partial charge in [-0.15, -0.1) is 10.2 Å². The second kappa shape index (κ2) is 8.59. The number of benzene rings is 2. The average molecular weight is 433 g/mol. The van der Waals surface area contributed by atoms with E-state index < -0.39 is 6.04 Å². The molecule has 2 heterocycles. The summed E-state index contributed by atoms with van der Waals surface area (Å²) in [5.74, 6) is 0.151. The number of amides is 2. The van der Waals surface area contributed by atoms with E-state index >= 15 is 0 Å². The maximum atomic E-state index is 13.4. The zero-order chi connectivity index (χ0) is 21.2. The molecule has 5 rings (SSSR count). The molecular weight excluding hydrogens is 408 g/mol. The molecule has 2 fully saturated rings. The third-order valence-electron chi connectivity index (χ3n) is 6.32. The zero-order valence-corrected chi connectivity index (χ0v) is 17.9. The number of carbonyl (C=O) groups excluding carboxylic acids is 2. The van der Waals surface area contributed by atoms with Gasteiger partial charge in [0.1, 0.15) is 11.0 Å². The normalized spacial score (nSPS) is 22.7. The van der Waals surface area contributed by atoms with Gasteiger partial charge in [-0.05, 0) is 37.3 Å². The molecule has 1 saturated heterocycles. The molecule has 1 aliphatic heterocycles. The molecule has 2 amide bonds. The van der Waals surface area contributed by atoms with Gasteiger partial charge in [-0.25, -0.2) is 0 Å². The molecule has 0 spiro atoms. The Morgan fingerprint density at radius 1 is 0.935 bits per heavy atom. The lowest BCUT2D eigenvalue weighted by molar-refractivity contribution is -0.120. The Morgan fingerprint density at radius 3 is 2.42 bits per heavy atom. The summed E-state index contributed by atoms with van der Waals surface area (Å²) in [6.07, 6.45) is 5.01. The average Bonchev–Trinajstić information content (AvgIpc) is 3.44. The first-order valence-corrected chi connectivity index (χ1v) is 11.6. The van der Waals surface area contributed by atoms with Crippen molar-refractivity contribution in [1.82, 2.24) is 15.1 Å². The first kappa shape index (κ1) is 19.9. The van der Waals surface area contributed by atoms with Gasteiger partial charge < -0.3 is 4.90 Å². The number of rotatable bonds is 4. The van der Waals surface area contributed by atoms with Crippen LogP contribution in [0.4, 0.5) is 5.13 Å². The first-order valence-electron chi connectivity index (χ1n) is 10.8. The molecule has 3 aromatic rings. The van der Waals surface area contributed by atoms with Gasteiger partial charge in [0.05, 0.1) is 0 Å². The highest BCUT2D eigenvalue weighted by molar-refractivity contribution is 7.18. The van der Waals surface area contributed by atoms with E-state index in [4.69, 9.17) is 0 Å². The van der Waals surface area contributed by atoms with E-state index in [1.54, 1.807) is 0 Å². The molecule has 3 unspecified atom stereocenters. The minimum Gasteiger partial charge on any atom is -0.323 e. The summed E-state index contributed by atoms with van der Waals surface area (Å²) in [6, 6.07) is 18.7. The van der Waals surface area contributed by atoms with Crippen LogP contribution in [0.15, 0.2) is 60.7 Å². The van der Waals surface area contributed by atoms with Gasteiger partial charge in [0.15, 0.2) is 0 Å². The number of fused-ring (bicyclic) bond motifs is 1. The summed E-state index contributed by atoms with van der Waals surface area (Å²) in [6.45, 7) is 0. The molecule has 31 heavy (non-hydrogen) atoms. The van der Waals surface area contributed by atoms with Gasteiger partial charge in [-0.1, -0.05) is 72.7 Å². The Hall–Kier alpha value is -3.06. The van der Waals surface area contributed by atoms with E-state index in [0.717, 1.165) is 29.8 Å². The maximum absolute atomic E-state index is 13.4. The van der Waals surface area contributed by atoms with Crippen molar-refractivity contribution in [1.29, 1.82) is 0 Å². The third kappa shape index (κ3) is 3.97. The smallest absolute Gasteiger partial charge is 0.254 e. The summed E-state index contributed by atoms with van der Waals surface area (Å²) in [7, 11) is 0. The van der Waals surface area contributed by atoms with Crippen molar-refractivity contribution in [3.63, 3.8) is 0 Å². The fraction of sp³-hybridized carbons (Fsp3) is 0.333. The van der Waals surface area contributed by atoms with Crippen LogP contribution in [0, 0.1) is 5.92 Å². The largest absolute Gasteiger partial charge is 0.323 e. The third-order valence-corrected chi connectivity index (χ3v) is 7.21. The van der Waals surface area contributed by atoms with Crippen LogP contribution in [0.1, 0.15) is 42.5 Å². The summed E-state index contributed by atoms with van der Waals surface area (Å²) >= 11 is 1.35. The Bertz CT molecular complexity index is 1070. The van der Waals surface area contributed by atoms with Crippen LogP contribution in [-0.4, -0.2) is 39.0 Å². The lowest BCUT2D eigenvalue weighted by Crippen LogP contribution is -2.47.